The number of carboxylic acid groups (broad SMARTS) is 1. The van der Waals surface area contributed by atoms with Gasteiger partial charge in [0, 0.05) is 38.0 Å². The zero-order valence-electron chi connectivity index (χ0n) is 10.9. The lowest BCUT2D eigenvalue weighted by Crippen LogP contribution is -2.45. The molecule has 0 saturated carbocycles. The Labute approximate surface area is 115 Å². The van der Waals surface area contributed by atoms with Crippen molar-refractivity contribution in [2.24, 2.45) is 11.3 Å². The first-order chi connectivity index (χ1) is 9.63. The summed E-state index contributed by atoms with van der Waals surface area (Å²) in [6, 6.07) is 0. The van der Waals surface area contributed by atoms with E-state index in [1.807, 2.05) is 0 Å². The number of fused-ring (bicyclic) bond motifs is 1. The maximum Gasteiger partial charge on any atom is 0.311 e. The molecule has 2 fully saturated rings. The summed E-state index contributed by atoms with van der Waals surface area (Å²) in [5.41, 5.74) is -0.636. The Morgan fingerprint density at radius 1 is 1.45 bits per heavy atom. The highest BCUT2D eigenvalue weighted by Crippen LogP contribution is 2.42. The van der Waals surface area contributed by atoms with Crippen LogP contribution in [0.15, 0.2) is 18.6 Å². The molecule has 1 aromatic heterocycles. The van der Waals surface area contributed by atoms with Gasteiger partial charge in [-0.15, -0.1) is 0 Å². The first-order valence-corrected chi connectivity index (χ1v) is 6.50. The number of carboxylic acids is 1. The molecule has 0 aromatic carbocycles. The van der Waals surface area contributed by atoms with Crippen LogP contribution in [0.4, 0.5) is 0 Å². The Bertz CT molecular complexity index is 536. The third-order valence-electron chi connectivity index (χ3n) is 4.20. The number of carbonyl (C=O) groups excluding carboxylic acids is 1. The van der Waals surface area contributed by atoms with E-state index >= 15 is 0 Å². The minimum absolute atomic E-state index is 0.158. The zero-order chi connectivity index (χ0) is 14.2. The number of hydrogen-bond acceptors (Lipinski definition) is 5. The summed E-state index contributed by atoms with van der Waals surface area (Å²) in [5.74, 6) is -1.28. The van der Waals surface area contributed by atoms with Crippen LogP contribution in [0.25, 0.3) is 0 Å². The number of nitrogens with zero attached hydrogens (tertiary/aromatic N) is 3. The highest BCUT2D eigenvalue weighted by atomic mass is 16.5. The Hall–Kier alpha value is -2.02. The molecule has 1 amide bonds. The second-order valence-electron chi connectivity index (χ2n) is 5.26. The molecule has 7 heteroatoms. The van der Waals surface area contributed by atoms with E-state index in [1.54, 1.807) is 4.90 Å². The van der Waals surface area contributed by atoms with Crippen molar-refractivity contribution in [3.63, 3.8) is 0 Å². The number of aliphatic carboxylic acids is 1. The van der Waals surface area contributed by atoms with Crippen LogP contribution in [0.5, 0.6) is 0 Å². The van der Waals surface area contributed by atoms with Gasteiger partial charge in [0.25, 0.3) is 5.91 Å². The van der Waals surface area contributed by atoms with Gasteiger partial charge < -0.3 is 14.7 Å². The number of amides is 1. The Morgan fingerprint density at radius 2 is 2.30 bits per heavy atom. The van der Waals surface area contributed by atoms with Crippen molar-refractivity contribution in [1.29, 1.82) is 0 Å². The SMILES string of the molecule is O=C(c1cnccn1)N1C[C@H]2COCC[C@@]2(C(=O)O)C1. The average molecular weight is 277 g/mol. The van der Waals surface area contributed by atoms with Crippen molar-refractivity contribution in [2.45, 2.75) is 6.42 Å². The van der Waals surface area contributed by atoms with Gasteiger partial charge in [-0.2, -0.15) is 0 Å². The van der Waals surface area contributed by atoms with Gasteiger partial charge in [0.2, 0.25) is 0 Å². The molecule has 2 aliphatic heterocycles. The van der Waals surface area contributed by atoms with Crippen LogP contribution in [0.1, 0.15) is 16.9 Å². The van der Waals surface area contributed by atoms with E-state index in [9.17, 15) is 14.7 Å². The number of ether oxygens (including phenoxy) is 1. The molecule has 0 unspecified atom stereocenters. The van der Waals surface area contributed by atoms with Gasteiger partial charge in [-0.05, 0) is 6.42 Å². The first-order valence-electron chi connectivity index (χ1n) is 6.50. The fourth-order valence-electron chi connectivity index (χ4n) is 3.03. The third-order valence-corrected chi connectivity index (χ3v) is 4.20. The standard InChI is InChI=1S/C13H15N3O4/c17-11(10-5-14-2-3-15-10)16-6-9-7-20-4-1-13(9,8-16)12(18)19/h2-3,5,9H,1,4,6-8H2,(H,18,19)/t9-,13+/m0/s1. The first kappa shape index (κ1) is 13.0. The lowest BCUT2D eigenvalue weighted by molar-refractivity contribution is -0.157. The summed E-state index contributed by atoms with van der Waals surface area (Å²) < 4.78 is 5.36. The van der Waals surface area contributed by atoms with Crippen LogP contribution in [-0.2, 0) is 9.53 Å². The maximum absolute atomic E-state index is 12.3. The van der Waals surface area contributed by atoms with E-state index in [4.69, 9.17) is 4.74 Å². The van der Waals surface area contributed by atoms with Crippen LogP contribution in [0.3, 0.4) is 0 Å². The largest absolute Gasteiger partial charge is 0.481 e. The van der Waals surface area contributed by atoms with Gasteiger partial charge in [0.05, 0.1) is 18.2 Å². The van der Waals surface area contributed by atoms with E-state index < -0.39 is 11.4 Å². The molecule has 3 rings (SSSR count). The van der Waals surface area contributed by atoms with E-state index in [0.717, 1.165) is 0 Å². The van der Waals surface area contributed by atoms with E-state index in [2.05, 4.69) is 9.97 Å². The molecule has 0 radical (unpaired) electrons. The van der Waals surface area contributed by atoms with Gasteiger partial charge in [-0.3, -0.25) is 14.6 Å². The van der Waals surface area contributed by atoms with Crippen molar-refractivity contribution in [3.8, 4) is 0 Å². The van der Waals surface area contributed by atoms with Crippen LogP contribution >= 0.6 is 0 Å². The molecule has 7 nitrogen and oxygen atoms in total. The summed E-state index contributed by atoms with van der Waals surface area (Å²) in [6.07, 6.45) is 4.78. The van der Waals surface area contributed by atoms with Crippen molar-refractivity contribution in [2.75, 3.05) is 26.3 Å². The topological polar surface area (TPSA) is 92.6 Å². The molecule has 2 atom stereocenters. The summed E-state index contributed by atoms with van der Waals surface area (Å²) >= 11 is 0. The fraction of sp³-hybridized carbons (Fsp3) is 0.538. The van der Waals surface area contributed by atoms with E-state index in [-0.39, 0.29) is 24.1 Å². The quantitative estimate of drug-likeness (QED) is 0.820. The van der Waals surface area contributed by atoms with Crippen molar-refractivity contribution in [3.05, 3.63) is 24.3 Å². The summed E-state index contributed by atoms with van der Waals surface area (Å²) in [7, 11) is 0. The summed E-state index contributed by atoms with van der Waals surface area (Å²) in [6.45, 7) is 1.42. The number of carbonyl (C=O) groups is 2. The van der Waals surface area contributed by atoms with Crippen molar-refractivity contribution < 1.29 is 19.4 Å². The minimum Gasteiger partial charge on any atom is -0.481 e. The molecule has 2 aliphatic rings. The number of hydrogen-bond donors (Lipinski definition) is 1. The Morgan fingerprint density at radius 3 is 2.95 bits per heavy atom. The van der Waals surface area contributed by atoms with Gasteiger partial charge in [-0.1, -0.05) is 0 Å². The Kier molecular flexibility index (Phi) is 3.13. The number of rotatable bonds is 2. The molecule has 1 N–H and O–H groups in total. The van der Waals surface area contributed by atoms with Crippen LogP contribution in [0.2, 0.25) is 0 Å². The highest BCUT2D eigenvalue weighted by Gasteiger charge is 2.55. The molecule has 3 heterocycles. The van der Waals surface area contributed by atoms with Crippen molar-refractivity contribution >= 4 is 11.9 Å². The Balaban J connectivity index is 1.84. The number of likely N-dealkylation sites (tertiary alicyclic amines) is 1. The molecule has 0 aliphatic carbocycles. The molecule has 20 heavy (non-hydrogen) atoms. The third kappa shape index (κ3) is 1.94. The van der Waals surface area contributed by atoms with Crippen LogP contribution in [0, 0.1) is 11.3 Å². The number of aromatic nitrogens is 2. The fourth-order valence-corrected chi connectivity index (χ4v) is 3.03. The predicted molar refractivity (Wildman–Crippen MR) is 66.9 cm³/mol. The van der Waals surface area contributed by atoms with Crippen LogP contribution in [-0.4, -0.2) is 58.2 Å². The highest BCUT2D eigenvalue weighted by molar-refractivity contribution is 5.93. The second-order valence-corrected chi connectivity index (χ2v) is 5.26. The molecular formula is C13H15N3O4. The van der Waals surface area contributed by atoms with Crippen molar-refractivity contribution in [1.82, 2.24) is 14.9 Å². The molecule has 106 valence electrons. The average Bonchev–Trinajstić information content (AvgIpc) is 2.88. The van der Waals surface area contributed by atoms with Gasteiger partial charge in [0.1, 0.15) is 5.69 Å². The van der Waals surface area contributed by atoms with Crippen LogP contribution < -0.4 is 0 Å². The molecule has 0 bridgehead atoms. The lowest BCUT2D eigenvalue weighted by Gasteiger charge is -2.33. The van der Waals surface area contributed by atoms with Gasteiger partial charge >= 0.3 is 5.97 Å². The van der Waals surface area contributed by atoms with E-state index in [1.165, 1.54) is 18.6 Å². The maximum atomic E-state index is 12.3. The lowest BCUT2D eigenvalue weighted by atomic mass is 9.74. The molecule has 1 aromatic rings. The second kappa shape index (κ2) is 4.82. The van der Waals surface area contributed by atoms with Gasteiger partial charge in [0.15, 0.2) is 0 Å². The van der Waals surface area contributed by atoms with Gasteiger partial charge in [-0.25, -0.2) is 4.98 Å². The minimum atomic E-state index is -0.879. The predicted octanol–water partition coefficient (Wildman–Crippen LogP) is 0.0399. The smallest absolute Gasteiger partial charge is 0.311 e. The molecule has 0 spiro atoms. The summed E-state index contributed by atoms with van der Waals surface area (Å²) in [4.78, 5) is 33.4. The molecule has 2 saturated heterocycles. The zero-order valence-corrected chi connectivity index (χ0v) is 10.9. The monoisotopic (exact) mass is 277 g/mol. The normalized spacial score (nSPS) is 29.0. The van der Waals surface area contributed by atoms with E-state index in [0.29, 0.717) is 26.2 Å². The summed E-state index contributed by atoms with van der Waals surface area (Å²) in [5, 5.41) is 9.55. The molecular weight excluding hydrogens is 262 g/mol.